The number of halogens is 1. The number of rotatable bonds is 7. The summed E-state index contributed by atoms with van der Waals surface area (Å²) in [5.41, 5.74) is 2.99. The molecule has 0 aliphatic heterocycles. The molecule has 0 unspecified atom stereocenters. The molecule has 0 radical (unpaired) electrons. The molecule has 0 bridgehead atoms. The Morgan fingerprint density at radius 1 is 1.11 bits per heavy atom. The van der Waals surface area contributed by atoms with Crippen LogP contribution in [-0.2, 0) is 19.5 Å². The van der Waals surface area contributed by atoms with Crippen LogP contribution < -0.4 is 10.6 Å². The number of guanidine groups is 1. The summed E-state index contributed by atoms with van der Waals surface area (Å²) in [7, 11) is 1.72. The van der Waals surface area contributed by atoms with Crippen LogP contribution in [0, 0.1) is 5.82 Å². The van der Waals surface area contributed by atoms with Gasteiger partial charge in [0.1, 0.15) is 18.5 Å². The van der Waals surface area contributed by atoms with E-state index in [1.54, 1.807) is 30.2 Å². The Labute approximate surface area is 158 Å². The minimum Gasteiger partial charge on any atom is -0.356 e. The minimum atomic E-state index is -0.175. The van der Waals surface area contributed by atoms with Gasteiger partial charge in [-0.05, 0) is 29.2 Å². The zero-order valence-electron chi connectivity index (χ0n) is 15.3. The van der Waals surface area contributed by atoms with Crippen molar-refractivity contribution >= 4 is 5.96 Å². The zero-order valence-corrected chi connectivity index (χ0v) is 15.3. The van der Waals surface area contributed by atoms with E-state index in [-0.39, 0.29) is 5.82 Å². The molecule has 0 atom stereocenters. The van der Waals surface area contributed by atoms with Crippen LogP contribution in [0.25, 0.3) is 0 Å². The minimum absolute atomic E-state index is 0.175. The maximum absolute atomic E-state index is 13.7. The molecule has 3 rings (SSSR count). The van der Waals surface area contributed by atoms with E-state index in [9.17, 15) is 4.39 Å². The van der Waals surface area contributed by atoms with Gasteiger partial charge in [0.2, 0.25) is 0 Å². The highest BCUT2D eigenvalue weighted by Crippen LogP contribution is 2.07. The van der Waals surface area contributed by atoms with Gasteiger partial charge in [-0.1, -0.05) is 42.5 Å². The fourth-order valence-corrected chi connectivity index (χ4v) is 2.76. The number of hydrogen-bond donors (Lipinski definition) is 2. The van der Waals surface area contributed by atoms with Crippen LogP contribution in [0.2, 0.25) is 0 Å². The summed E-state index contributed by atoms with van der Waals surface area (Å²) in [6, 6.07) is 15.1. The molecule has 27 heavy (non-hydrogen) atoms. The van der Waals surface area contributed by atoms with Crippen LogP contribution in [0.3, 0.4) is 0 Å². The largest absolute Gasteiger partial charge is 0.356 e. The van der Waals surface area contributed by atoms with Crippen molar-refractivity contribution in [3.63, 3.8) is 0 Å². The lowest BCUT2D eigenvalue weighted by molar-refractivity contribution is 0.606. The van der Waals surface area contributed by atoms with Gasteiger partial charge in [-0.25, -0.2) is 14.1 Å². The second-order valence-corrected chi connectivity index (χ2v) is 6.11. The maximum atomic E-state index is 13.7. The quantitative estimate of drug-likeness (QED) is 0.498. The molecule has 2 aromatic carbocycles. The molecule has 0 saturated heterocycles. The van der Waals surface area contributed by atoms with E-state index in [1.165, 1.54) is 12.4 Å². The number of nitrogens with one attached hydrogen (secondary N) is 2. The Morgan fingerprint density at radius 3 is 2.74 bits per heavy atom. The molecule has 0 amide bonds. The van der Waals surface area contributed by atoms with Gasteiger partial charge in [-0.15, -0.1) is 0 Å². The monoisotopic (exact) mass is 366 g/mol. The maximum Gasteiger partial charge on any atom is 0.191 e. The van der Waals surface area contributed by atoms with Gasteiger partial charge in [0.05, 0.1) is 6.54 Å². The first-order chi connectivity index (χ1) is 13.2. The Morgan fingerprint density at radius 2 is 1.96 bits per heavy atom. The molecule has 7 heteroatoms. The highest BCUT2D eigenvalue weighted by atomic mass is 19.1. The van der Waals surface area contributed by atoms with E-state index in [2.05, 4.69) is 43.9 Å². The molecule has 0 fully saturated rings. The van der Waals surface area contributed by atoms with Crippen molar-refractivity contribution in [2.45, 2.75) is 19.5 Å². The van der Waals surface area contributed by atoms with Crippen molar-refractivity contribution in [2.24, 2.45) is 4.99 Å². The molecule has 0 spiro atoms. The van der Waals surface area contributed by atoms with E-state index in [0.717, 1.165) is 11.1 Å². The molecular formula is C20H23FN6. The standard InChI is InChI=1S/C20H23FN6/c1-22-20(24-10-9-18-7-2-3-8-19(18)21)25-12-16-5-4-6-17(11-16)13-27-15-23-14-26-27/h2-8,11,14-15H,9-10,12-13H2,1H3,(H2,22,24,25). The molecule has 0 aliphatic carbocycles. The highest BCUT2D eigenvalue weighted by molar-refractivity contribution is 5.79. The van der Waals surface area contributed by atoms with Crippen molar-refractivity contribution in [3.05, 3.63) is 83.7 Å². The topological polar surface area (TPSA) is 67.1 Å². The Bertz CT molecular complexity index is 876. The fraction of sp³-hybridized carbons (Fsp3) is 0.250. The third kappa shape index (κ3) is 5.64. The van der Waals surface area contributed by atoms with Gasteiger partial charge in [-0.3, -0.25) is 4.99 Å². The number of hydrogen-bond acceptors (Lipinski definition) is 3. The van der Waals surface area contributed by atoms with Crippen LogP contribution >= 0.6 is 0 Å². The number of aliphatic imine (C=N–C) groups is 1. The molecule has 1 aromatic heterocycles. The number of nitrogens with zero attached hydrogens (tertiary/aromatic N) is 4. The first-order valence-corrected chi connectivity index (χ1v) is 8.83. The van der Waals surface area contributed by atoms with Gasteiger partial charge in [0.25, 0.3) is 0 Å². The van der Waals surface area contributed by atoms with Crippen LogP contribution in [-0.4, -0.2) is 34.3 Å². The van der Waals surface area contributed by atoms with Crippen molar-refractivity contribution in [1.29, 1.82) is 0 Å². The smallest absolute Gasteiger partial charge is 0.191 e. The predicted octanol–water partition coefficient (Wildman–Crippen LogP) is 2.37. The van der Waals surface area contributed by atoms with Crippen molar-refractivity contribution in [2.75, 3.05) is 13.6 Å². The molecule has 3 aromatic rings. The average molecular weight is 366 g/mol. The first kappa shape index (κ1) is 18.6. The summed E-state index contributed by atoms with van der Waals surface area (Å²) < 4.78 is 15.4. The van der Waals surface area contributed by atoms with Crippen LogP contribution in [0.15, 0.2) is 66.2 Å². The van der Waals surface area contributed by atoms with Crippen LogP contribution in [0.4, 0.5) is 4.39 Å². The van der Waals surface area contributed by atoms with E-state index in [4.69, 9.17) is 0 Å². The second kappa shape index (κ2) is 9.47. The van der Waals surface area contributed by atoms with Gasteiger partial charge in [0, 0.05) is 20.1 Å². The van der Waals surface area contributed by atoms with Gasteiger partial charge < -0.3 is 10.6 Å². The van der Waals surface area contributed by atoms with Crippen molar-refractivity contribution < 1.29 is 4.39 Å². The van der Waals surface area contributed by atoms with E-state index < -0.39 is 0 Å². The van der Waals surface area contributed by atoms with Gasteiger partial charge in [-0.2, -0.15) is 5.10 Å². The fourth-order valence-electron chi connectivity index (χ4n) is 2.76. The molecule has 0 saturated carbocycles. The van der Waals surface area contributed by atoms with Crippen molar-refractivity contribution in [3.8, 4) is 0 Å². The molecular weight excluding hydrogens is 343 g/mol. The third-order valence-corrected chi connectivity index (χ3v) is 4.13. The summed E-state index contributed by atoms with van der Waals surface area (Å²) >= 11 is 0. The highest BCUT2D eigenvalue weighted by Gasteiger charge is 2.03. The lowest BCUT2D eigenvalue weighted by Crippen LogP contribution is -2.37. The normalized spacial score (nSPS) is 11.4. The summed E-state index contributed by atoms with van der Waals surface area (Å²) in [6.07, 6.45) is 3.83. The lowest BCUT2D eigenvalue weighted by Gasteiger charge is -2.13. The predicted molar refractivity (Wildman–Crippen MR) is 104 cm³/mol. The summed E-state index contributed by atoms with van der Waals surface area (Å²) in [4.78, 5) is 8.18. The van der Waals surface area contributed by atoms with E-state index >= 15 is 0 Å². The average Bonchev–Trinajstić information content (AvgIpc) is 3.19. The Hall–Kier alpha value is -3.22. The zero-order chi connectivity index (χ0) is 18.9. The summed E-state index contributed by atoms with van der Waals surface area (Å²) in [5, 5.41) is 10.6. The van der Waals surface area contributed by atoms with Crippen molar-refractivity contribution in [1.82, 2.24) is 25.4 Å². The number of benzene rings is 2. The SMILES string of the molecule is CN=C(NCCc1ccccc1F)NCc1cccc(Cn2cncn2)c1. The van der Waals surface area contributed by atoms with Gasteiger partial charge >= 0.3 is 0 Å². The Balaban J connectivity index is 1.48. The molecule has 1 heterocycles. The van der Waals surface area contributed by atoms with Gasteiger partial charge in [0.15, 0.2) is 5.96 Å². The third-order valence-electron chi connectivity index (χ3n) is 4.13. The lowest BCUT2D eigenvalue weighted by atomic mass is 10.1. The molecule has 6 nitrogen and oxygen atoms in total. The Kier molecular flexibility index (Phi) is 6.51. The number of aromatic nitrogens is 3. The van der Waals surface area contributed by atoms with E-state index in [1.807, 2.05) is 12.1 Å². The van der Waals surface area contributed by atoms with E-state index in [0.29, 0.717) is 37.6 Å². The molecule has 2 N–H and O–H groups in total. The molecule has 0 aliphatic rings. The first-order valence-electron chi connectivity index (χ1n) is 8.83. The summed E-state index contributed by atoms with van der Waals surface area (Å²) in [5.74, 6) is 0.513. The van der Waals surface area contributed by atoms with Crippen LogP contribution in [0.5, 0.6) is 0 Å². The molecule has 140 valence electrons. The van der Waals surface area contributed by atoms with Crippen LogP contribution in [0.1, 0.15) is 16.7 Å². The second-order valence-electron chi connectivity index (χ2n) is 6.11. The summed E-state index contributed by atoms with van der Waals surface area (Å²) in [6.45, 7) is 1.93.